The van der Waals surface area contributed by atoms with Crippen molar-refractivity contribution in [3.05, 3.63) is 35.9 Å². The van der Waals surface area contributed by atoms with Crippen LogP contribution in [-0.4, -0.2) is 71.6 Å². The van der Waals surface area contributed by atoms with Crippen LogP contribution in [-0.2, 0) is 14.3 Å². The monoisotopic (exact) mass is 360 g/mol. The molecular weight excluding hydrogens is 336 g/mol. The molecule has 7 heteroatoms. The highest BCUT2D eigenvalue weighted by Gasteiger charge is 2.35. The molecule has 2 aliphatic rings. The van der Waals surface area contributed by atoms with Crippen molar-refractivity contribution in [3.63, 3.8) is 0 Å². The molecule has 7 nitrogen and oxygen atoms in total. The normalized spacial score (nSPS) is 21.5. The number of nitrogens with zero attached hydrogens (tertiary/aromatic N) is 2. The van der Waals surface area contributed by atoms with Crippen molar-refractivity contribution in [2.75, 3.05) is 32.8 Å². The number of piperidine rings is 1. The maximum absolute atomic E-state index is 12.9. The highest BCUT2D eigenvalue weighted by atomic mass is 16.5. The fourth-order valence-corrected chi connectivity index (χ4v) is 3.64. The van der Waals surface area contributed by atoms with E-state index < -0.39 is 12.0 Å². The van der Waals surface area contributed by atoms with Crippen molar-refractivity contribution in [2.24, 2.45) is 5.92 Å². The number of ether oxygens (including phenoxy) is 1. The molecule has 0 spiro atoms. The summed E-state index contributed by atoms with van der Waals surface area (Å²) in [6.45, 7) is 2.21. The van der Waals surface area contributed by atoms with Gasteiger partial charge in [0.1, 0.15) is 0 Å². The predicted molar refractivity (Wildman–Crippen MR) is 93.6 cm³/mol. The third-order valence-corrected chi connectivity index (χ3v) is 5.07. The number of hydrogen-bond donors (Lipinski definition) is 1. The minimum Gasteiger partial charge on any atom is -0.481 e. The summed E-state index contributed by atoms with van der Waals surface area (Å²) in [4.78, 5) is 39.8. The second-order valence-electron chi connectivity index (χ2n) is 6.79. The highest BCUT2D eigenvalue weighted by Crippen LogP contribution is 2.24. The van der Waals surface area contributed by atoms with Crippen molar-refractivity contribution in [1.29, 1.82) is 0 Å². The predicted octanol–water partition coefficient (Wildman–Crippen LogP) is 1.24. The van der Waals surface area contributed by atoms with E-state index in [1.807, 2.05) is 18.2 Å². The zero-order valence-corrected chi connectivity index (χ0v) is 14.7. The Hall–Kier alpha value is -2.41. The molecule has 0 bridgehead atoms. The average molecular weight is 360 g/mol. The van der Waals surface area contributed by atoms with Crippen LogP contribution in [0.15, 0.2) is 30.3 Å². The molecule has 0 aliphatic carbocycles. The first kappa shape index (κ1) is 18.4. The van der Waals surface area contributed by atoms with Gasteiger partial charge in [-0.3, -0.25) is 14.4 Å². The molecule has 2 amide bonds. The quantitative estimate of drug-likeness (QED) is 0.873. The average Bonchev–Trinajstić information content (AvgIpc) is 2.68. The van der Waals surface area contributed by atoms with Crippen LogP contribution < -0.4 is 0 Å². The Morgan fingerprint density at radius 3 is 2.42 bits per heavy atom. The second-order valence-corrected chi connectivity index (χ2v) is 6.79. The van der Waals surface area contributed by atoms with E-state index in [2.05, 4.69) is 0 Å². The van der Waals surface area contributed by atoms with Gasteiger partial charge in [0.05, 0.1) is 25.7 Å². The van der Waals surface area contributed by atoms with E-state index >= 15 is 0 Å². The molecule has 0 aromatic heterocycles. The molecule has 2 fully saturated rings. The van der Waals surface area contributed by atoms with Crippen LogP contribution in [0.1, 0.15) is 29.6 Å². The lowest BCUT2D eigenvalue weighted by atomic mass is 9.93. The molecule has 1 aromatic rings. The van der Waals surface area contributed by atoms with Gasteiger partial charge in [-0.2, -0.15) is 0 Å². The lowest BCUT2D eigenvalue weighted by Gasteiger charge is -2.39. The van der Waals surface area contributed by atoms with Crippen molar-refractivity contribution in [1.82, 2.24) is 9.80 Å². The topological polar surface area (TPSA) is 87.2 Å². The van der Waals surface area contributed by atoms with Gasteiger partial charge in [-0.1, -0.05) is 18.2 Å². The van der Waals surface area contributed by atoms with Gasteiger partial charge in [-0.15, -0.1) is 0 Å². The molecule has 3 rings (SSSR count). The minimum atomic E-state index is -0.929. The van der Waals surface area contributed by atoms with E-state index in [0.29, 0.717) is 44.6 Å². The molecule has 1 aromatic carbocycles. The first-order valence-corrected chi connectivity index (χ1v) is 9.00. The number of hydrogen-bond acceptors (Lipinski definition) is 4. The maximum Gasteiger partial charge on any atom is 0.305 e. The Balaban J connectivity index is 1.57. The summed E-state index contributed by atoms with van der Waals surface area (Å²) < 4.78 is 5.34. The van der Waals surface area contributed by atoms with Crippen LogP contribution >= 0.6 is 0 Å². The molecule has 2 aliphatic heterocycles. The van der Waals surface area contributed by atoms with Crippen molar-refractivity contribution in [2.45, 2.75) is 25.3 Å². The number of carbonyl (C=O) groups excluding carboxylic acids is 2. The molecule has 1 atom stereocenters. The van der Waals surface area contributed by atoms with Crippen LogP contribution in [0.5, 0.6) is 0 Å². The number of carbonyl (C=O) groups is 3. The molecule has 26 heavy (non-hydrogen) atoms. The number of carboxylic acid groups (broad SMARTS) is 1. The number of rotatable bonds is 4. The van der Waals surface area contributed by atoms with Crippen LogP contribution in [0.3, 0.4) is 0 Å². The number of carboxylic acids is 1. The summed E-state index contributed by atoms with van der Waals surface area (Å²) in [7, 11) is 0. The van der Waals surface area contributed by atoms with Crippen LogP contribution in [0.4, 0.5) is 0 Å². The van der Waals surface area contributed by atoms with E-state index in [4.69, 9.17) is 9.84 Å². The largest absolute Gasteiger partial charge is 0.481 e. The van der Waals surface area contributed by atoms with Gasteiger partial charge in [0, 0.05) is 31.1 Å². The third kappa shape index (κ3) is 4.22. The van der Waals surface area contributed by atoms with Gasteiger partial charge in [0.2, 0.25) is 5.91 Å². The highest BCUT2D eigenvalue weighted by molar-refractivity contribution is 5.94. The summed E-state index contributed by atoms with van der Waals surface area (Å²) >= 11 is 0. The van der Waals surface area contributed by atoms with Gasteiger partial charge in [0.15, 0.2) is 0 Å². The fourth-order valence-electron chi connectivity index (χ4n) is 3.64. The standard InChI is InChI=1S/C19H24N2O5/c22-17(23)12-16-13-26-11-10-21(16)19(25)15-6-8-20(9-7-15)18(24)14-4-2-1-3-5-14/h1-5,15-16H,6-13H2,(H,22,23). The Morgan fingerprint density at radius 1 is 1.08 bits per heavy atom. The van der Waals surface area contributed by atoms with E-state index in [-0.39, 0.29) is 30.8 Å². The minimum absolute atomic E-state index is 0.00775. The van der Waals surface area contributed by atoms with E-state index in [1.54, 1.807) is 21.9 Å². The smallest absolute Gasteiger partial charge is 0.305 e. The lowest BCUT2D eigenvalue weighted by molar-refractivity contribution is -0.150. The molecule has 2 heterocycles. The zero-order chi connectivity index (χ0) is 18.5. The Bertz CT molecular complexity index is 655. The molecule has 1 N–H and O–H groups in total. The Labute approximate surface area is 152 Å². The fraction of sp³-hybridized carbons (Fsp3) is 0.526. The Kier molecular flexibility index (Phi) is 5.88. The molecule has 2 saturated heterocycles. The lowest BCUT2D eigenvalue weighted by Crippen LogP contribution is -2.53. The summed E-state index contributed by atoms with van der Waals surface area (Å²) in [6, 6.07) is 8.73. The Morgan fingerprint density at radius 2 is 1.77 bits per heavy atom. The third-order valence-electron chi connectivity index (χ3n) is 5.07. The number of benzene rings is 1. The molecule has 0 radical (unpaired) electrons. The molecular formula is C19H24N2O5. The molecule has 1 unspecified atom stereocenters. The summed E-state index contributed by atoms with van der Waals surface area (Å²) in [5, 5.41) is 9.04. The zero-order valence-electron chi connectivity index (χ0n) is 14.7. The van der Waals surface area contributed by atoms with Gasteiger partial charge in [0.25, 0.3) is 5.91 Å². The number of aliphatic carboxylic acids is 1. The van der Waals surface area contributed by atoms with Crippen LogP contribution in [0, 0.1) is 5.92 Å². The van der Waals surface area contributed by atoms with Crippen LogP contribution in [0.25, 0.3) is 0 Å². The molecule has 0 saturated carbocycles. The summed E-state index contributed by atoms with van der Waals surface area (Å²) in [5.41, 5.74) is 0.659. The number of morpholine rings is 1. The van der Waals surface area contributed by atoms with Crippen molar-refractivity contribution in [3.8, 4) is 0 Å². The number of amides is 2. The molecule has 140 valence electrons. The van der Waals surface area contributed by atoms with Gasteiger partial charge < -0.3 is 19.6 Å². The summed E-state index contributed by atoms with van der Waals surface area (Å²) in [5.74, 6) is -1.11. The SMILES string of the molecule is O=C(O)CC1COCCN1C(=O)C1CCN(C(=O)c2ccccc2)CC1. The van der Waals surface area contributed by atoms with Crippen molar-refractivity contribution >= 4 is 17.8 Å². The summed E-state index contributed by atoms with van der Waals surface area (Å²) in [6.07, 6.45) is 1.11. The van der Waals surface area contributed by atoms with Gasteiger partial charge >= 0.3 is 5.97 Å². The second kappa shape index (κ2) is 8.31. The van der Waals surface area contributed by atoms with Crippen LogP contribution in [0.2, 0.25) is 0 Å². The first-order chi connectivity index (χ1) is 12.6. The van der Waals surface area contributed by atoms with Gasteiger partial charge in [-0.25, -0.2) is 0 Å². The van der Waals surface area contributed by atoms with Gasteiger partial charge in [-0.05, 0) is 25.0 Å². The first-order valence-electron chi connectivity index (χ1n) is 9.00. The van der Waals surface area contributed by atoms with E-state index in [0.717, 1.165) is 0 Å². The van der Waals surface area contributed by atoms with E-state index in [1.165, 1.54) is 0 Å². The van der Waals surface area contributed by atoms with E-state index in [9.17, 15) is 14.4 Å². The maximum atomic E-state index is 12.9. The van der Waals surface area contributed by atoms with Crippen molar-refractivity contribution < 1.29 is 24.2 Å². The number of likely N-dealkylation sites (tertiary alicyclic amines) is 1.